The van der Waals surface area contributed by atoms with E-state index in [1.54, 1.807) is 25.3 Å². The van der Waals surface area contributed by atoms with E-state index in [1.807, 2.05) is 0 Å². The van der Waals surface area contributed by atoms with Crippen molar-refractivity contribution in [3.63, 3.8) is 0 Å². The maximum absolute atomic E-state index is 14.4. The van der Waals surface area contributed by atoms with E-state index >= 15 is 0 Å². The molecule has 0 fully saturated rings. The van der Waals surface area contributed by atoms with Gasteiger partial charge in [-0.25, -0.2) is 27.7 Å². The number of methoxy groups -OCH3 is 1. The number of carbonyl (C=O) groups is 1. The monoisotopic (exact) mass is 455 g/mol. The minimum Gasteiger partial charge on any atom is -0.479 e. The van der Waals surface area contributed by atoms with Gasteiger partial charge in [-0.05, 0) is 30.7 Å². The van der Waals surface area contributed by atoms with Crippen molar-refractivity contribution in [3.05, 3.63) is 53.0 Å². The molecular formula is C21H18FN5O4S. The Morgan fingerprint density at radius 2 is 2.12 bits per heavy atom. The number of carbonyl (C=O) groups excluding carboxylic acids is 1. The van der Waals surface area contributed by atoms with Gasteiger partial charge in [0.2, 0.25) is 10.0 Å². The number of ether oxygens (including phenoxy) is 1. The molecular weight excluding hydrogens is 437 g/mol. The second-order valence-electron chi connectivity index (χ2n) is 6.98. The highest BCUT2D eigenvalue weighted by molar-refractivity contribution is 7.89. The van der Waals surface area contributed by atoms with Crippen molar-refractivity contribution in [3.8, 4) is 17.7 Å². The fourth-order valence-corrected chi connectivity index (χ4v) is 4.23. The number of urea groups is 1. The summed E-state index contributed by atoms with van der Waals surface area (Å²) in [4.78, 5) is 22.4. The number of amides is 2. The molecule has 0 saturated heterocycles. The number of anilines is 1. The molecule has 164 valence electrons. The quantitative estimate of drug-likeness (QED) is 0.580. The second-order valence-corrected chi connectivity index (χ2v) is 8.51. The number of nitrogens with zero attached hydrogens (tertiary/aromatic N) is 3. The van der Waals surface area contributed by atoms with Crippen LogP contribution in [-0.2, 0) is 23.1 Å². The Labute approximate surface area is 183 Å². The van der Waals surface area contributed by atoms with Gasteiger partial charge in [0, 0.05) is 29.3 Å². The molecule has 0 radical (unpaired) electrons. The van der Waals surface area contributed by atoms with E-state index in [-0.39, 0.29) is 35.1 Å². The average Bonchev–Trinajstić information content (AvgIpc) is 2.74. The fraction of sp³-hybridized carbons (Fsp3) is 0.190. The summed E-state index contributed by atoms with van der Waals surface area (Å²) < 4.78 is 43.0. The van der Waals surface area contributed by atoms with E-state index in [2.05, 4.69) is 27.1 Å². The van der Waals surface area contributed by atoms with E-state index in [1.165, 1.54) is 24.1 Å². The first-order chi connectivity index (χ1) is 15.2. The molecule has 9 nitrogen and oxygen atoms in total. The van der Waals surface area contributed by atoms with Crippen LogP contribution in [0.5, 0.6) is 5.88 Å². The highest BCUT2D eigenvalue weighted by atomic mass is 32.2. The fourth-order valence-electron chi connectivity index (χ4n) is 3.56. The number of hydrogen-bond acceptors (Lipinski definition) is 6. The van der Waals surface area contributed by atoms with E-state index in [0.29, 0.717) is 22.2 Å². The largest absolute Gasteiger partial charge is 0.479 e. The smallest absolute Gasteiger partial charge is 0.322 e. The maximum Gasteiger partial charge on any atom is 0.322 e. The number of sulfonamides is 1. The predicted octanol–water partition coefficient (Wildman–Crippen LogP) is 2.03. The van der Waals surface area contributed by atoms with Crippen LogP contribution < -0.4 is 20.1 Å². The predicted molar refractivity (Wildman–Crippen MR) is 115 cm³/mol. The van der Waals surface area contributed by atoms with Gasteiger partial charge in [0.15, 0.2) is 11.5 Å². The molecule has 32 heavy (non-hydrogen) atoms. The van der Waals surface area contributed by atoms with Gasteiger partial charge in [-0.1, -0.05) is 12.0 Å². The first-order valence-corrected chi connectivity index (χ1v) is 10.9. The van der Waals surface area contributed by atoms with Crippen molar-refractivity contribution < 1.29 is 22.3 Å². The molecule has 4 rings (SSSR count). The van der Waals surface area contributed by atoms with E-state index in [0.717, 1.165) is 0 Å². The molecule has 1 aliphatic heterocycles. The molecule has 3 N–H and O–H groups in total. The Hall–Kier alpha value is -3.75. The SMILES string of the molecule is CC#Cc1cc(CN2C(=O)NCc3cnc4nc(OC)c(F)cc4c32)ccc1S(N)(=O)=O. The molecule has 1 aromatic carbocycles. The first kappa shape index (κ1) is 21.5. The van der Waals surface area contributed by atoms with Gasteiger partial charge in [0.05, 0.1) is 24.2 Å². The molecule has 0 spiro atoms. The van der Waals surface area contributed by atoms with Gasteiger partial charge in [0.25, 0.3) is 5.88 Å². The summed E-state index contributed by atoms with van der Waals surface area (Å²) >= 11 is 0. The molecule has 2 aromatic heterocycles. The first-order valence-electron chi connectivity index (χ1n) is 9.39. The van der Waals surface area contributed by atoms with Crippen LogP contribution in [0.25, 0.3) is 11.0 Å². The number of nitrogens with one attached hydrogen (secondary N) is 1. The summed E-state index contributed by atoms with van der Waals surface area (Å²) in [5.41, 5.74) is 2.20. The number of benzene rings is 1. The molecule has 0 atom stereocenters. The van der Waals surface area contributed by atoms with Crippen molar-refractivity contribution in [1.82, 2.24) is 15.3 Å². The standard InChI is InChI=1S/C21H18FN5O4S/c1-3-4-13-7-12(5-6-17(13)32(23,29)30)11-27-18-14(10-25-21(27)28)9-24-19-15(18)8-16(22)20(26-19)31-2/h5-9H,10-11H2,1-2H3,(H,25,28)(H2,23,29,30). The minimum absolute atomic E-state index is 0.0644. The number of fused-ring (bicyclic) bond motifs is 3. The topological polar surface area (TPSA) is 128 Å². The van der Waals surface area contributed by atoms with Gasteiger partial charge in [-0.2, -0.15) is 4.98 Å². The maximum atomic E-state index is 14.4. The Bertz CT molecular complexity index is 1430. The van der Waals surface area contributed by atoms with Gasteiger partial charge >= 0.3 is 6.03 Å². The summed E-state index contributed by atoms with van der Waals surface area (Å²) in [6.45, 7) is 1.86. The van der Waals surface area contributed by atoms with Crippen molar-refractivity contribution in [2.75, 3.05) is 12.0 Å². The molecule has 3 heterocycles. The van der Waals surface area contributed by atoms with Crippen molar-refractivity contribution in [2.24, 2.45) is 5.14 Å². The van der Waals surface area contributed by atoms with E-state index in [9.17, 15) is 17.6 Å². The van der Waals surface area contributed by atoms with Crippen LogP contribution in [0.4, 0.5) is 14.9 Å². The molecule has 1 aliphatic rings. The number of pyridine rings is 2. The Morgan fingerprint density at radius 1 is 1.34 bits per heavy atom. The van der Waals surface area contributed by atoms with Crippen LogP contribution in [0.3, 0.4) is 0 Å². The number of primary sulfonamides is 1. The highest BCUT2D eigenvalue weighted by Crippen LogP contribution is 2.34. The zero-order chi connectivity index (χ0) is 23.0. The third kappa shape index (κ3) is 3.81. The normalized spacial score (nSPS) is 13.2. The van der Waals surface area contributed by atoms with Crippen LogP contribution in [0.2, 0.25) is 0 Å². The number of halogens is 1. The number of aromatic nitrogens is 2. The van der Waals surface area contributed by atoms with Crippen LogP contribution in [0.15, 0.2) is 35.4 Å². The van der Waals surface area contributed by atoms with Crippen molar-refractivity contribution >= 4 is 32.8 Å². The number of hydrogen-bond donors (Lipinski definition) is 2. The van der Waals surface area contributed by atoms with Crippen LogP contribution in [-0.4, -0.2) is 31.5 Å². The zero-order valence-corrected chi connectivity index (χ0v) is 18.0. The molecule has 2 amide bonds. The van der Waals surface area contributed by atoms with Crippen molar-refractivity contribution in [1.29, 1.82) is 0 Å². The molecule has 0 aliphatic carbocycles. The summed E-state index contributed by atoms with van der Waals surface area (Å²) in [6, 6.07) is 5.29. The summed E-state index contributed by atoms with van der Waals surface area (Å²) in [5.74, 6) is 4.51. The van der Waals surface area contributed by atoms with Gasteiger partial charge in [0.1, 0.15) is 0 Å². The van der Waals surface area contributed by atoms with Crippen LogP contribution in [0, 0.1) is 17.7 Å². The minimum atomic E-state index is -3.97. The molecule has 0 bridgehead atoms. The van der Waals surface area contributed by atoms with Crippen LogP contribution >= 0.6 is 0 Å². The summed E-state index contributed by atoms with van der Waals surface area (Å²) in [7, 11) is -2.67. The van der Waals surface area contributed by atoms with Gasteiger partial charge in [-0.15, -0.1) is 5.92 Å². The van der Waals surface area contributed by atoms with E-state index in [4.69, 9.17) is 9.88 Å². The molecule has 11 heteroatoms. The summed E-state index contributed by atoms with van der Waals surface area (Å²) in [5, 5.41) is 8.38. The second kappa shape index (κ2) is 8.07. The molecule has 0 unspecified atom stereocenters. The molecule has 0 saturated carbocycles. The number of rotatable bonds is 4. The van der Waals surface area contributed by atoms with Crippen LogP contribution in [0.1, 0.15) is 23.6 Å². The van der Waals surface area contributed by atoms with Gasteiger partial charge in [-0.3, -0.25) is 4.90 Å². The lowest BCUT2D eigenvalue weighted by atomic mass is 10.1. The zero-order valence-electron chi connectivity index (χ0n) is 17.1. The van der Waals surface area contributed by atoms with E-state index < -0.39 is 21.9 Å². The lowest BCUT2D eigenvalue weighted by molar-refractivity contribution is 0.244. The third-order valence-electron chi connectivity index (χ3n) is 4.92. The number of nitrogens with two attached hydrogens (primary N) is 1. The summed E-state index contributed by atoms with van der Waals surface area (Å²) in [6.07, 6.45) is 1.56. The lowest BCUT2D eigenvalue weighted by Gasteiger charge is -2.31. The van der Waals surface area contributed by atoms with Crippen molar-refractivity contribution in [2.45, 2.75) is 24.9 Å². The average molecular weight is 455 g/mol. The van der Waals surface area contributed by atoms with Gasteiger partial charge < -0.3 is 10.1 Å². The Kier molecular flexibility index (Phi) is 5.41. The Balaban J connectivity index is 1.84. The highest BCUT2D eigenvalue weighted by Gasteiger charge is 2.28. The third-order valence-corrected chi connectivity index (χ3v) is 5.88. The Morgan fingerprint density at radius 3 is 2.81 bits per heavy atom. The molecule has 3 aromatic rings. The lowest BCUT2D eigenvalue weighted by Crippen LogP contribution is -2.44.